The molecule has 6 nitrogen and oxygen atoms in total. The minimum absolute atomic E-state index is 0.212. The van der Waals surface area contributed by atoms with Gasteiger partial charge in [-0.3, -0.25) is 4.68 Å². The van der Waals surface area contributed by atoms with Gasteiger partial charge in [-0.05, 0) is 47.7 Å². The Bertz CT molecular complexity index is 964. The smallest absolute Gasteiger partial charge is 0.152 e. The maximum atomic E-state index is 14.7. The van der Waals surface area contributed by atoms with Gasteiger partial charge in [-0.1, -0.05) is 13.8 Å². The highest BCUT2D eigenvalue weighted by Gasteiger charge is 2.18. The molecule has 0 spiro atoms. The fourth-order valence-corrected chi connectivity index (χ4v) is 3.16. The first-order chi connectivity index (χ1) is 11.8. The number of nitrogens with zero attached hydrogens (tertiary/aromatic N) is 5. The van der Waals surface area contributed by atoms with Crippen LogP contribution in [-0.4, -0.2) is 21.8 Å². The molecule has 0 saturated heterocycles. The Labute approximate surface area is 145 Å². The molecule has 3 rings (SSSR count). The SMILES string of the molecule is Cc1cnc(N(C)N=O)cc1-c1cc(F)c2nn(C)c(C(C)C)c2c1. The Kier molecular flexibility index (Phi) is 4.24. The third-order valence-corrected chi connectivity index (χ3v) is 4.34. The van der Waals surface area contributed by atoms with Crippen LogP contribution in [0.1, 0.15) is 31.0 Å². The lowest BCUT2D eigenvalue weighted by atomic mass is 9.98. The quantitative estimate of drug-likeness (QED) is 0.523. The standard InChI is InChI=1S/C18H20FN5O/c1-10(2)18-14-6-12(7-15(19)17(14)21-24(18)5)13-8-16(23(4)22-25)20-9-11(13)3/h6-10H,1-5H3. The van der Waals surface area contributed by atoms with Gasteiger partial charge in [-0.2, -0.15) is 5.10 Å². The first-order valence-electron chi connectivity index (χ1n) is 8.03. The van der Waals surface area contributed by atoms with Crippen molar-refractivity contribution >= 4 is 16.7 Å². The summed E-state index contributed by atoms with van der Waals surface area (Å²) in [5.74, 6) is 0.255. The average Bonchev–Trinajstić information content (AvgIpc) is 2.91. The molecule has 0 fully saturated rings. The molecule has 0 aliphatic heterocycles. The Hall–Kier alpha value is -2.83. The van der Waals surface area contributed by atoms with Crippen molar-refractivity contribution in [1.82, 2.24) is 14.8 Å². The molecule has 0 saturated carbocycles. The molecule has 0 aliphatic rings. The van der Waals surface area contributed by atoms with Crippen LogP contribution in [0.4, 0.5) is 10.2 Å². The maximum Gasteiger partial charge on any atom is 0.152 e. The van der Waals surface area contributed by atoms with Crippen LogP contribution >= 0.6 is 0 Å². The van der Waals surface area contributed by atoms with Crippen molar-refractivity contribution in [1.29, 1.82) is 0 Å². The van der Waals surface area contributed by atoms with Crippen LogP contribution in [-0.2, 0) is 7.05 Å². The van der Waals surface area contributed by atoms with Gasteiger partial charge in [0.1, 0.15) is 5.52 Å². The second-order valence-electron chi connectivity index (χ2n) is 6.48. The third-order valence-electron chi connectivity index (χ3n) is 4.34. The van der Waals surface area contributed by atoms with Crippen molar-refractivity contribution in [3.05, 3.63) is 46.4 Å². The predicted octanol–water partition coefficient (Wildman–Crippen LogP) is 4.32. The Morgan fingerprint density at radius 3 is 2.64 bits per heavy atom. The van der Waals surface area contributed by atoms with Crippen molar-refractivity contribution in [3.63, 3.8) is 0 Å². The fraction of sp³-hybridized carbons (Fsp3) is 0.333. The molecule has 0 unspecified atom stereocenters. The summed E-state index contributed by atoms with van der Waals surface area (Å²) in [6.45, 7) is 6.01. The van der Waals surface area contributed by atoms with Gasteiger partial charge in [-0.25, -0.2) is 14.4 Å². The van der Waals surface area contributed by atoms with Crippen LogP contribution < -0.4 is 5.01 Å². The summed E-state index contributed by atoms with van der Waals surface area (Å²) in [6, 6.07) is 5.16. The van der Waals surface area contributed by atoms with E-state index in [1.807, 2.05) is 20.0 Å². The molecule has 0 N–H and O–H groups in total. The lowest BCUT2D eigenvalue weighted by Gasteiger charge is -2.12. The summed E-state index contributed by atoms with van der Waals surface area (Å²) in [6.07, 6.45) is 1.65. The predicted molar refractivity (Wildman–Crippen MR) is 96.9 cm³/mol. The van der Waals surface area contributed by atoms with E-state index in [0.717, 1.165) is 32.8 Å². The molecule has 7 heteroatoms. The Balaban J connectivity index is 2.26. The van der Waals surface area contributed by atoms with Gasteiger partial charge >= 0.3 is 0 Å². The van der Waals surface area contributed by atoms with Crippen molar-refractivity contribution in [2.75, 3.05) is 12.1 Å². The minimum atomic E-state index is -0.366. The molecule has 2 heterocycles. The number of fused-ring (bicyclic) bond motifs is 1. The number of pyridine rings is 1. The lowest BCUT2D eigenvalue weighted by molar-refractivity contribution is 0.629. The van der Waals surface area contributed by atoms with E-state index in [1.54, 1.807) is 16.9 Å². The molecule has 2 aromatic heterocycles. The number of anilines is 1. The average molecular weight is 341 g/mol. The van der Waals surface area contributed by atoms with Gasteiger partial charge in [0.15, 0.2) is 11.6 Å². The highest BCUT2D eigenvalue weighted by molar-refractivity contribution is 5.88. The summed E-state index contributed by atoms with van der Waals surface area (Å²) < 4.78 is 16.4. The summed E-state index contributed by atoms with van der Waals surface area (Å²) in [5, 5.41) is 9.12. The molecular weight excluding hydrogens is 321 g/mol. The summed E-state index contributed by atoms with van der Waals surface area (Å²) in [4.78, 5) is 14.9. The van der Waals surface area contributed by atoms with Crippen LogP contribution in [0.2, 0.25) is 0 Å². The molecule has 3 aromatic rings. The Morgan fingerprint density at radius 2 is 2.00 bits per heavy atom. The van der Waals surface area contributed by atoms with E-state index in [-0.39, 0.29) is 11.7 Å². The molecule has 0 amide bonds. The molecule has 25 heavy (non-hydrogen) atoms. The number of hydrogen-bond donors (Lipinski definition) is 0. The van der Waals surface area contributed by atoms with Crippen molar-refractivity contribution in [2.45, 2.75) is 26.7 Å². The molecular formula is C18H20FN5O. The van der Waals surface area contributed by atoms with Crippen LogP contribution in [0.5, 0.6) is 0 Å². The molecule has 0 aliphatic carbocycles. The van der Waals surface area contributed by atoms with Gasteiger partial charge in [0.25, 0.3) is 0 Å². The largest absolute Gasteiger partial charge is 0.271 e. The number of nitroso groups, excluding NO2 is 1. The molecule has 0 atom stereocenters. The number of aromatic nitrogens is 3. The minimum Gasteiger partial charge on any atom is -0.271 e. The number of rotatable bonds is 4. The van der Waals surface area contributed by atoms with Crippen LogP contribution in [0.15, 0.2) is 29.7 Å². The number of hydrogen-bond acceptors (Lipinski definition) is 4. The molecule has 130 valence electrons. The van der Waals surface area contributed by atoms with E-state index in [4.69, 9.17) is 0 Å². The van der Waals surface area contributed by atoms with E-state index in [0.29, 0.717) is 11.3 Å². The van der Waals surface area contributed by atoms with Crippen molar-refractivity contribution in [3.8, 4) is 11.1 Å². The topological polar surface area (TPSA) is 63.4 Å². The zero-order valence-corrected chi connectivity index (χ0v) is 14.9. The van der Waals surface area contributed by atoms with Gasteiger partial charge in [0.05, 0.1) is 5.29 Å². The number of benzene rings is 1. The zero-order chi connectivity index (χ0) is 18.3. The summed E-state index contributed by atoms with van der Waals surface area (Å²) >= 11 is 0. The monoisotopic (exact) mass is 341 g/mol. The summed E-state index contributed by atoms with van der Waals surface area (Å²) in [7, 11) is 3.35. The van der Waals surface area contributed by atoms with Crippen LogP contribution in [0.25, 0.3) is 22.0 Å². The highest BCUT2D eigenvalue weighted by atomic mass is 19.1. The normalized spacial score (nSPS) is 11.3. The number of aryl methyl sites for hydroxylation is 2. The first kappa shape index (κ1) is 17.0. The van der Waals surface area contributed by atoms with Crippen molar-refractivity contribution < 1.29 is 4.39 Å². The van der Waals surface area contributed by atoms with Gasteiger partial charge in [0.2, 0.25) is 0 Å². The lowest BCUT2D eigenvalue weighted by Crippen LogP contribution is -2.09. The highest BCUT2D eigenvalue weighted by Crippen LogP contribution is 2.33. The van der Waals surface area contributed by atoms with E-state index < -0.39 is 0 Å². The number of halogens is 1. The molecule has 0 radical (unpaired) electrons. The molecule has 1 aromatic carbocycles. The maximum absolute atomic E-state index is 14.7. The Morgan fingerprint density at radius 1 is 1.28 bits per heavy atom. The second-order valence-corrected chi connectivity index (χ2v) is 6.48. The van der Waals surface area contributed by atoms with Crippen molar-refractivity contribution in [2.24, 2.45) is 12.3 Å². The second kappa shape index (κ2) is 6.23. The zero-order valence-electron chi connectivity index (χ0n) is 14.9. The fourth-order valence-electron chi connectivity index (χ4n) is 3.16. The van der Waals surface area contributed by atoms with Gasteiger partial charge in [-0.15, -0.1) is 4.91 Å². The van der Waals surface area contributed by atoms with E-state index in [2.05, 4.69) is 29.2 Å². The van der Waals surface area contributed by atoms with Gasteiger partial charge in [0, 0.05) is 31.4 Å². The first-order valence-corrected chi connectivity index (χ1v) is 8.03. The van der Waals surface area contributed by atoms with E-state index in [9.17, 15) is 9.30 Å². The van der Waals surface area contributed by atoms with Crippen LogP contribution in [0.3, 0.4) is 0 Å². The van der Waals surface area contributed by atoms with Gasteiger partial charge < -0.3 is 0 Å². The third kappa shape index (κ3) is 2.86. The van der Waals surface area contributed by atoms with E-state index in [1.165, 1.54) is 13.1 Å². The van der Waals surface area contributed by atoms with Crippen LogP contribution in [0, 0.1) is 17.6 Å². The molecule has 0 bridgehead atoms. The van der Waals surface area contributed by atoms with E-state index >= 15 is 0 Å². The summed E-state index contributed by atoms with van der Waals surface area (Å²) in [5.41, 5.74) is 3.76.